The van der Waals surface area contributed by atoms with Crippen LogP contribution in [0, 0.1) is 6.92 Å². The predicted octanol–water partition coefficient (Wildman–Crippen LogP) is 4.52. The van der Waals surface area contributed by atoms with Crippen molar-refractivity contribution >= 4 is 11.3 Å². The minimum atomic E-state index is 0.161. The molecular weight excluding hydrogens is 278 g/mol. The van der Waals surface area contributed by atoms with E-state index < -0.39 is 0 Å². The van der Waals surface area contributed by atoms with Crippen molar-refractivity contribution in [3.05, 3.63) is 51.7 Å². The van der Waals surface area contributed by atoms with Crippen LogP contribution in [0.3, 0.4) is 0 Å². The summed E-state index contributed by atoms with van der Waals surface area (Å²) in [6, 6.07) is 10.6. The molecule has 0 fully saturated rings. The number of rotatable bonds is 6. The van der Waals surface area contributed by atoms with Gasteiger partial charge >= 0.3 is 0 Å². The summed E-state index contributed by atoms with van der Waals surface area (Å²) in [5.41, 5.74) is 2.84. The second-order valence-corrected chi connectivity index (χ2v) is 7.33. The smallest absolute Gasteiger partial charge is 0.119 e. The second-order valence-electron chi connectivity index (χ2n) is 6.33. The lowest BCUT2D eigenvalue weighted by Gasteiger charge is -2.19. The molecule has 0 amide bonds. The normalized spacial score (nSPS) is 11.6. The number of hydrogen-bond donors (Lipinski definition) is 1. The molecular formula is C18H25NOS. The number of thiophene rings is 1. The molecule has 0 spiro atoms. The van der Waals surface area contributed by atoms with Crippen molar-refractivity contribution in [2.75, 3.05) is 13.2 Å². The summed E-state index contributed by atoms with van der Waals surface area (Å²) in [6.45, 7) is 11.3. The van der Waals surface area contributed by atoms with Crippen molar-refractivity contribution in [3.63, 3.8) is 0 Å². The van der Waals surface area contributed by atoms with Gasteiger partial charge in [0.1, 0.15) is 12.4 Å². The third-order valence-corrected chi connectivity index (χ3v) is 4.52. The fourth-order valence-electron chi connectivity index (χ4n) is 2.08. The summed E-state index contributed by atoms with van der Waals surface area (Å²) in [6.07, 6.45) is 0. The van der Waals surface area contributed by atoms with Crippen molar-refractivity contribution in [2.45, 2.75) is 39.7 Å². The first-order valence-electron chi connectivity index (χ1n) is 7.44. The molecule has 0 atom stereocenters. The highest BCUT2D eigenvalue weighted by molar-refractivity contribution is 7.10. The van der Waals surface area contributed by atoms with Gasteiger partial charge in [-0.25, -0.2) is 0 Å². The van der Waals surface area contributed by atoms with Gasteiger partial charge in [0, 0.05) is 18.0 Å². The zero-order chi connectivity index (χ0) is 15.3. The average molecular weight is 303 g/mol. The van der Waals surface area contributed by atoms with Crippen molar-refractivity contribution in [1.29, 1.82) is 0 Å². The van der Waals surface area contributed by atoms with Crippen LogP contribution in [0.15, 0.2) is 35.7 Å². The standard InChI is InChI=1S/C18H25NOS/c1-14-8-11-21-17(14)13-19-9-10-20-16-7-5-6-15(12-16)18(2,3)4/h5-8,11-12,19H,9-10,13H2,1-4H3. The lowest BCUT2D eigenvalue weighted by molar-refractivity contribution is 0.313. The first-order chi connectivity index (χ1) is 9.97. The Kier molecular flexibility index (Phi) is 5.43. The Hall–Kier alpha value is -1.32. The average Bonchev–Trinajstić information content (AvgIpc) is 2.83. The van der Waals surface area contributed by atoms with Crippen LogP contribution in [0.1, 0.15) is 36.8 Å². The largest absolute Gasteiger partial charge is 0.492 e. The zero-order valence-electron chi connectivity index (χ0n) is 13.4. The fraction of sp³-hybridized carbons (Fsp3) is 0.444. The van der Waals surface area contributed by atoms with Gasteiger partial charge in [-0.1, -0.05) is 32.9 Å². The van der Waals surface area contributed by atoms with E-state index in [9.17, 15) is 0 Å². The van der Waals surface area contributed by atoms with E-state index in [4.69, 9.17) is 4.74 Å². The Morgan fingerprint density at radius 3 is 2.67 bits per heavy atom. The number of benzene rings is 1. The molecule has 0 bridgehead atoms. The summed E-state index contributed by atoms with van der Waals surface area (Å²) in [4.78, 5) is 1.41. The summed E-state index contributed by atoms with van der Waals surface area (Å²) in [5, 5.41) is 5.57. The van der Waals surface area contributed by atoms with Gasteiger partial charge in [0.25, 0.3) is 0 Å². The van der Waals surface area contributed by atoms with E-state index in [-0.39, 0.29) is 5.41 Å². The Labute approximate surface area is 132 Å². The maximum Gasteiger partial charge on any atom is 0.119 e. The van der Waals surface area contributed by atoms with E-state index in [1.807, 2.05) is 6.07 Å². The highest BCUT2D eigenvalue weighted by atomic mass is 32.1. The molecule has 0 saturated heterocycles. The molecule has 21 heavy (non-hydrogen) atoms. The topological polar surface area (TPSA) is 21.3 Å². The van der Waals surface area contributed by atoms with E-state index in [1.165, 1.54) is 16.0 Å². The first kappa shape index (κ1) is 16.1. The maximum absolute atomic E-state index is 5.83. The summed E-state index contributed by atoms with van der Waals surface area (Å²) >= 11 is 1.81. The molecule has 3 heteroatoms. The van der Waals surface area contributed by atoms with Gasteiger partial charge in [-0.05, 0) is 47.0 Å². The molecule has 114 valence electrons. The molecule has 1 aromatic heterocycles. The number of ether oxygens (including phenoxy) is 1. The van der Waals surface area contributed by atoms with E-state index in [0.29, 0.717) is 6.61 Å². The molecule has 0 saturated carbocycles. The van der Waals surface area contributed by atoms with Crippen LogP contribution in [-0.4, -0.2) is 13.2 Å². The lowest BCUT2D eigenvalue weighted by atomic mass is 9.87. The quantitative estimate of drug-likeness (QED) is 0.792. The molecule has 0 aliphatic rings. The summed E-state index contributed by atoms with van der Waals surface area (Å²) in [7, 11) is 0. The van der Waals surface area contributed by atoms with Gasteiger partial charge in [-0.2, -0.15) is 0 Å². The van der Waals surface area contributed by atoms with Crippen LogP contribution in [0.4, 0.5) is 0 Å². The summed E-state index contributed by atoms with van der Waals surface area (Å²) in [5.74, 6) is 0.955. The maximum atomic E-state index is 5.83. The van der Waals surface area contributed by atoms with Gasteiger partial charge in [0.05, 0.1) is 0 Å². The van der Waals surface area contributed by atoms with E-state index >= 15 is 0 Å². The molecule has 0 aliphatic heterocycles. The van der Waals surface area contributed by atoms with Gasteiger partial charge < -0.3 is 10.1 Å². The fourth-order valence-corrected chi connectivity index (χ4v) is 2.96. The molecule has 0 unspecified atom stereocenters. The van der Waals surface area contributed by atoms with Crippen molar-refractivity contribution < 1.29 is 4.74 Å². The Morgan fingerprint density at radius 2 is 2.00 bits per heavy atom. The number of aryl methyl sites for hydroxylation is 1. The lowest BCUT2D eigenvalue weighted by Crippen LogP contribution is -2.20. The minimum Gasteiger partial charge on any atom is -0.492 e. The Balaban J connectivity index is 1.75. The van der Waals surface area contributed by atoms with Crippen LogP contribution in [0.25, 0.3) is 0 Å². The SMILES string of the molecule is Cc1ccsc1CNCCOc1cccc(C(C)(C)C)c1. The van der Waals surface area contributed by atoms with Gasteiger partial charge in [-0.3, -0.25) is 0 Å². The van der Waals surface area contributed by atoms with Crippen molar-refractivity contribution in [2.24, 2.45) is 0 Å². The van der Waals surface area contributed by atoms with Gasteiger partial charge in [0.2, 0.25) is 0 Å². The van der Waals surface area contributed by atoms with E-state index in [2.05, 4.69) is 62.7 Å². The van der Waals surface area contributed by atoms with Crippen molar-refractivity contribution in [1.82, 2.24) is 5.32 Å². The molecule has 2 rings (SSSR count). The third-order valence-electron chi connectivity index (χ3n) is 3.50. The predicted molar refractivity (Wildman–Crippen MR) is 91.4 cm³/mol. The molecule has 2 nitrogen and oxygen atoms in total. The Bertz CT molecular complexity index is 569. The van der Waals surface area contributed by atoms with Crippen LogP contribution in [0.5, 0.6) is 5.75 Å². The van der Waals surface area contributed by atoms with Crippen molar-refractivity contribution in [3.8, 4) is 5.75 Å². The van der Waals surface area contributed by atoms with Crippen LogP contribution >= 0.6 is 11.3 Å². The highest BCUT2D eigenvalue weighted by Crippen LogP contribution is 2.25. The molecule has 0 radical (unpaired) electrons. The van der Waals surface area contributed by atoms with E-state index in [0.717, 1.165) is 18.8 Å². The molecule has 1 aromatic carbocycles. The highest BCUT2D eigenvalue weighted by Gasteiger charge is 2.13. The Morgan fingerprint density at radius 1 is 1.19 bits per heavy atom. The molecule has 1 N–H and O–H groups in total. The second kappa shape index (κ2) is 7.10. The minimum absolute atomic E-state index is 0.161. The summed E-state index contributed by atoms with van der Waals surface area (Å²) < 4.78 is 5.83. The number of hydrogen-bond acceptors (Lipinski definition) is 3. The monoisotopic (exact) mass is 303 g/mol. The zero-order valence-corrected chi connectivity index (χ0v) is 14.2. The van der Waals surface area contributed by atoms with E-state index in [1.54, 1.807) is 11.3 Å². The third kappa shape index (κ3) is 4.87. The molecule has 0 aliphatic carbocycles. The van der Waals surface area contributed by atoms with Crippen LogP contribution in [-0.2, 0) is 12.0 Å². The van der Waals surface area contributed by atoms with Crippen LogP contribution < -0.4 is 10.1 Å². The molecule has 2 aromatic rings. The molecule has 1 heterocycles. The number of nitrogens with one attached hydrogen (secondary N) is 1. The van der Waals surface area contributed by atoms with Crippen LogP contribution in [0.2, 0.25) is 0 Å². The first-order valence-corrected chi connectivity index (χ1v) is 8.32. The van der Waals surface area contributed by atoms with Gasteiger partial charge in [0.15, 0.2) is 0 Å². The van der Waals surface area contributed by atoms with Gasteiger partial charge in [-0.15, -0.1) is 11.3 Å².